The van der Waals surface area contributed by atoms with E-state index >= 15 is 0 Å². The smallest absolute Gasteiger partial charge is 0.202 e. The fourth-order valence-electron chi connectivity index (χ4n) is 0.305. The zero-order valence-electron chi connectivity index (χ0n) is 3.76. The molecular formula is C4HIN2O. The van der Waals surface area contributed by atoms with Gasteiger partial charge in [0.15, 0.2) is 12.1 Å². The average Bonchev–Trinajstić information content (AvgIpc) is 2.14. The van der Waals surface area contributed by atoms with Crippen molar-refractivity contribution in [3.05, 3.63) is 15.9 Å². The van der Waals surface area contributed by atoms with Gasteiger partial charge in [-0.2, -0.15) is 5.26 Å². The highest BCUT2D eigenvalue weighted by Gasteiger charge is 1.99. The van der Waals surface area contributed by atoms with Crippen LogP contribution in [0.4, 0.5) is 0 Å². The lowest BCUT2D eigenvalue weighted by Gasteiger charge is -1.71. The van der Waals surface area contributed by atoms with Gasteiger partial charge in [0.05, 0.1) is 0 Å². The van der Waals surface area contributed by atoms with Crippen molar-refractivity contribution >= 4 is 22.6 Å². The summed E-state index contributed by atoms with van der Waals surface area (Å²) in [6.07, 6.45) is 1.25. The minimum atomic E-state index is 0.352. The van der Waals surface area contributed by atoms with Crippen molar-refractivity contribution in [3.63, 3.8) is 0 Å². The summed E-state index contributed by atoms with van der Waals surface area (Å²) in [5, 5.41) is 8.23. The first-order chi connectivity index (χ1) is 3.84. The predicted octanol–water partition coefficient (Wildman–Crippen LogP) is 1.15. The van der Waals surface area contributed by atoms with Crippen LogP contribution in [0.5, 0.6) is 0 Å². The third kappa shape index (κ3) is 0.816. The first kappa shape index (κ1) is 5.56. The first-order valence-corrected chi connectivity index (χ1v) is 2.91. The van der Waals surface area contributed by atoms with Crippen molar-refractivity contribution < 1.29 is 4.42 Å². The van der Waals surface area contributed by atoms with Gasteiger partial charge in [-0.1, -0.05) is 0 Å². The Labute approximate surface area is 59.5 Å². The van der Waals surface area contributed by atoms with E-state index in [1.807, 2.05) is 28.7 Å². The molecule has 0 radical (unpaired) electrons. The molecule has 1 aromatic rings. The molecule has 0 saturated carbocycles. The van der Waals surface area contributed by atoms with E-state index < -0.39 is 0 Å². The molecule has 4 heteroatoms. The maximum atomic E-state index is 8.23. The van der Waals surface area contributed by atoms with Gasteiger partial charge in [-0.05, 0) is 0 Å². The summed E-state index contributed by atoms with van der Waals surface area (Å²) in [5.74, 6) is 0. The first-order valence-electron chi connectivity index (χ1n) is 1.83. The van der Waals surface area contributed by atoms with Gasteiger partial charge in [0.1, 0.15) is 6.07 Å². The van der Waals surface area contributed by atoms with Crippen LogP contribution in [0.2, 0.25) is 0 Å². The van der Waals surface area contributed by atoms with Crippen LogP contribution in [0.15, 0.2) is 10.8 Å². The van der Waals surface area contributed by atoms with Crippen molar-refractivity contribution in [3.8, 4) is 6.07 Å². The second-order valence-electron chi connectivity index (χ2n) is 1.09. The quantitative estimate of drug-likeness (QED) is 0.616. The predicted molar refractivity (Wildman–Crippen MR) is 33.9 cm³/mol. The van der Waals surface area contributed by atoms with E-state index in [1.54, 1.807) is 0 Å². The normalized spacial score (nSPS) is 8.50. The van der Waals surface area contributed by atoms with Crippen LogP contribution in [0.1, 0.15) is 5.69 Å². The molecule has 0 saturated heterocycles. The highest BCUT2D eigenvalue weighted by atomic mass is 127. The van der Waals surface area contributed by atoms with Crippen molar-refractivity contribution in [1.82, 2.24) is 4.98 Å². The van der Waals surface area contributed by atoms with Crippen LogP contribution in [0, 0.1) is 15.1 Å². The second kappa shape index (κ2) is 2.13. The van der Waals surface area contributed by atoms with Crippen LogP contribution in [-0.4, -0.2) is 4.98 Å². The van der Waals surface area contributed by atoms with Crippen LogP contribution in [0.25, 0.3) is 0 Å². The van der Waals surface area contributed by atoms with E-state index in [2.05, 4.69) is 4.98 Å². The Morgan fingerprint density at radius 1 is 1.88 bits per heavy atom. The molecule has 0 unspecified atom stereocenters. The van der Waals surface area contributed by atoms with Gasteiger partial charge in [0, 0.05) is 22.6 Å². The third-order valence-electron chi connectivity index (χ3n) is 0.630. The summed E-state index contributed by atoms with van der Waals surface area (Å²) < 4.78 is 5.25. The molecular weight excluding hydrogens is 219 g/mol. The van der Waals surface area contributed by atoms with E-state index in [4.69, 9.17) is 9.68 Å². The number of nitriles is 1. The van der Waals surface area contributed by atoms with Gasteiger partial charge in [0.25, 0.3) is 0 Å². The molecule has 1 aromatic heterocycles. The molecule has 40 valence electrons. The van der Waals surface area contributed by atoms with Gasteiger partial charge in [0.2, 0.25) is 3.77 Å². The monoisotopic (exact) mass is 220 g/mol. The van der Waals surface area contributed by atoms with Crippen molar-refractivity contribution in [2.24, 2.45) is 0 Å². The van der Waals surface area contributed by atoms with Crippen LogP contribution in [-0.2, 0) is 0 Å². The maximum Gasteiger partial charge on any atom is 0.202 e. The average molecular weight is 220 g/mol. The van der Waals surface area contributed by atoms with Crippen molar-refractivity contribution in [1.29, 1.82) is 5.26 Å². The number of oxazole rings is 1. The molecule has 0 aliphatic carbocycles. The fourth-order valence-corrected chi connectivity index (χ4v) is 0.678. The molecule has 1 heterocycles. The molecule has 0 spiro atoms. The summed E-state index contributed by atoms with van der Waals surface area (Å²) >= 11 is 1.90. The number of halogens is 1. The van der Waals surface area contributed by atoms with Crippen LogP contribution < -0.4 is 0 Å². The Morgan fingerprint density at radius 3 is 2.88 bits per heavy atom. The largest absolute Gasteiger partial charge is 0.436 e. The number of hydrogen-bond donors (Lipinski definition) is 0. The molecule has 1 rings (SSSR count). The number of aromatic nitrogens is 1. The molecule has 0 aliphatic rings. The minimum absolute atomic E-state index is 0.352. The lowest BCUT2D eigenvalue weighted by atomic mass is 10.6. The fraction of sp³-hybridized carbons (Fsp3) is 0. The molecule has 8 heavy (non-hydrogen) atoms. The second-order valence-corrected chi connectivity index (χ2v) is 2.07. The number of nitrogens with zero attached hydrogens (tertiary/aromatic N) is 2. The number of rotatable bonds is 0. The van der Waals surface area contributed by atoms with Crippen LogP contribution in [0.3, 0.4) is 0 Å². The van der Waals surface area contributed by atoms with Crippen molar-refractivity contribution in [2.75, 3.05) is 0 Å². The lowest BCUT2D eigenvalue weighted by Crippen LogP contribution is -1.72. The van der Waals surface area contributed by atoms with Gasteiger partial charge >= 0.3 is 0 Å². The molecule has 0 atom stereocenters. The summed E-state index contributed by atoms with van der Waals surface area (Å²) in [5.41, 5.74) is 0.352. The Bertz CT molecular complexity index is 224. The van der Waals surface area contributed by atoms with Crippen molar-refractivity contribution in [2.45, 2.75) is 0 Å². The Hall–Kier alpha value is -0.570. The SMILES string of the molecule is N#Cc1ncoc1I. The van der Waals surface area contributed by atoms with Gasteiger partial charge in [-0.3, -0.25) is 0 Å². The highest BCUT2D eigenvalue weighted by Crippen LogP contribution is 2.06. The molecule has 0 aliphatic heterocycles. The Kier molecular flexibility index (Phi) is 1.48. The van der Waals surface area contributed by atoms with E-state index in [1.165, 1.54) is 6.39 Å². The molecule has 0 fully saturated rings. The lowest BCUT2D eigenvalue weighted by molar-refractivity contribution is 0.530. The summed E-state index contributed by atoms with van der Waals surface area (Å²) in [6.45, 7) is 0. The van der Waals surface area contributed by atoms with E-state index in [9.17, 15) is 0 Å². The van der Waals surface area contributed by atoms with E-state index in [0.29, 0.717) is 9.46 Å². The standard InChI is InChI=1S/C4HIN2O/c5-4-3(1-6)7-2-8-4/h2H. The minimum Gasteiger partial charge on any atom is -0.436 e. The van der Waals surface area contributed by atoms with E-state index in [0.717, 1.165) is 0 Å². The molecule has 3 nitrogen and oxygen atoms in total. The molecule has 0 aromatic carbocycles. The Morgan fingerprint density at radius 2 is 2.62 bits per heavy atom. The maximum absolute atomic E-state index is 8.23. The zero-order valence-corrected chi connectivity index (χ0v) is 5.92. The molecule has 0 N–H and O–H groups in total. The van der Waals surface area contributed by atoms with Gasteiger partial charge < -0.3 is 4.42 Å². The van der Waals surface area contributed by atoms with Gasteiger partial charge in [-0.15, -0.1) is 0 Å². The topological polar surface area (TPSA) is 49.8 Å². The zero-order chi connectivity index (χ0) is 5.98. The highest BCUT2D eigenvalue weighted by molar-refractivity contribution is 14.1. The third-order valence-corrected chi connectivity index (χ3v) is 1.40. The van der Waals surface area contributed by atoms with E-state index in [-0.39, 0.29) is 0 Å². The van der Waals surface area contributed by atoms with Gasteiger partial charge in [-0.25, -0.2) is 4.98 Å². The summed E-state index contributed by atoms with van der Waals surface area (Å²) in [7, 11) is 0. The Balaban J connectivity index is 3.15. The number of hydrogen-bond acceptors (Lipinski definition) is 3. The summed E-state index contributed by atoms with van der Waals surface area (Å²) in [4.78, 5) is 3.60. The molecule has 0 amide bonds. The summed E-state index contributed by atoms with van der Waals surface area (Å²) in [6, 6.07) is 1.86. The molecule has 0 bridgehead atoms. The van der Waals surface area contributed by atoms with Crippen LogP contribution >= 0.6 is 22.6 Å².